The highest BCUT2D eigenvalue weighted by Crippen LogP contribution is 2.33. The van der Waals surface area contributed by atoms with E-state index in [1.54, 1.807) is 6.92 Å². The molecular weight excluding hydrogens is 204 g/mol. The standard InChI is InChI=1S/C12H16N2O2/c1-8-13-7-10(12(15)16)11(14-8)9-5-3-2-4-6-9/h7,9H,2-6H2,1H3,(H,15,16). The van der Waals surface area contributed by atoms with E-state index in [0.717, 1.165) is 18.5 Å². The molecule has 1 aromatic heterocycles. The Labute approximate surface area is 94.7 Å². The fourth-order valence-corrected chi connectivity index (χ4v) is 2.34. The summed E-state index contributed by atoms with van der Waals surface area (Å²) >= 11 is 0. The lowest BCUT2D eigenvalue weighted by Gasteiger charge is -2.22. The van der Waals surface area contributed by atoms with Crippen molar-refractivity contribution in [2.45, 2.75) is 44.9 Å². The summed E-state index contributed by atoms with van der Waals surface area (Å²) in [6, 6.07) is 0. The molecule has 0 radical (unpaired) electrons. The quantitative estimate of drug-likeness (QED) is 0.831. The zero-order chi connectivity index (χ0) is 11.5. The van der Waals surface area contributed by atoms with Crippen LogP contribution < -0.4 is 0 Å². The lowest BCUT2D eigenvalue weighted by atomic mass is 9.85. The van der Waals surface area contributed by atoms with Gasteiger partial charge in [0.1, 0.15) is 5.82 Å². The lowest BCUT2D eigenvalue weighted by molar-refractivity contribution is 0.0693. The molecule has 0 aromatic carbocycles. The van der Waals surface area contributed by atoms with Gasteiger partial charge in [-0.15, -0.1) is 0 Å². The first kappa shape index (κ1) is 11.0. The molecule has 0 saturated heterocycles. The lowest BCUT2D eigenvalue weighted by Crippen LogP contribution is -2.14. The number of rotatable bonds is 2. The highest BCUT2D eigenvalue weighted by molar-refractivity contribution is 5.88. The second-order valence-corrected chi connectivity index (χ2v) is 4.36. The first-order valence-corrected chi connectivity index (χ1v) is 5.75. The molecule has 0 spiro atoms. The molecule has 4 heteroatoms. The average Bonchev–Trinajstić information content (AvgIpc) is 2.29. The van der Waals surface area contributed by atoms with Gasteiger partial charge in [-0.3, -0.25) is 0 Å². The third-order valence-electron chi connectivity index (χ3n) is 3.16. The van der Waals surface area contributed by atoms with Gasteiger partial charge in [-0.1, -0.05) is 19.3 Å². The van der Waals surface area contributed by atoms with E-state index in [2.05, 4.69) is 9.97 Å². The number of aromatic carboxylic acids is 1. The zero-order valence-corrected chi connectivity index (χ0v) is 9.44. The van der Waals surface area contributed by atoms with Gasteiger partial charge in [-0.2, -0.15) is 0 Å². The van der Waals surface area contributed by atoms with Crippen LogP contribution in [0.5, 0.6) is 0 Å². The second-order valence-electron chi connectivity index (χ2n) is 4.36. The normalized spacial score (nSPS) is 17.3. The van der Waals surface area contributed by atoms with E-state index in [-0.39, 0.29) is 5.56 Å². The van der Waals surface area contributed by atoms with E-state index in [4.69, 9.17) is 5.11 Å². The maximum absolute atomic E-state index is 11.1. The van der Waals surface area contributed by atoms with Gasteiger partial charge >= 0.3 is 5.97 Å². The summed E-state index contributed by atoms with van der Waals surface area (Å²) in [5, 5.41) is 9.11. The monoisotopic (exact) mass is 220 g/mol. The Morgan fingerprint density at radius 2 is 2.06 bits per heavy atom. The van der Waals surface area contributed by atoms with Gasteiger partial charge in [0.2, 0.25) is 0 Å². The van der Waals surface area contributed by atoms with Gasteiger partial charge in [-0.25, -0.2) is 14.8 Å². The number of carbonyl (C=O) groups is 1. The van der Waals surface area contributed by atoms with Crippen LogP contribution in [0, 0.1) is 6.92 Å². The van der Waals surface area contributed by atoms with Crippen molar-refractivity contribution in [3.8, 4) is 0 Å². The largest absolute Gasteiger partial charge is 0.478 e. The molecule has 1 aliphatic carbocycles. The topological polar surface area (TPSA) is 63.1 Å². The third-order valence-corrected chi connectivity index (χ3v) is 3.16. The minimum absolute atomic E-state index is 0.275. The Kier molecular flexibility index (Phi) is 3.17. The Hall–Kier alpha value is -1.45. The van der Waals surface area contributed by atoms with Gasteiger partial charge < -0.3 is 5.11 Å². The molecule has 0 unspecified atom stereocenters. The van der Waals surface area contributed by atoms with E-state index in [1.165, 1.54) is 25.5 Å². The van der Waals surface area contributed by atoms with Gasteiger partial charge in [0.15, 0.2) is 0 Å². The van der Waals surface area contributed by atoms with Crippen molar-refractivity contribution in [3.05, 3.63) is 23.3 Å². The van der Waals surface area contributed by atoms with Crippen LogP contribution in [0.25, 0.3) is 0 Å². The fraction of sp³-hybridized carbons (Fsp3) is 0.583. The molecule has 0 atom stereocenters. The van der Waals surface area contributed by atoms with Gasteiger partial charge in [-0.05, 0) is 19.8 Å². The Bertz CT molecular complexity index is 398. The molecular formula is C12H16N2O2. The smallest absolute Gasteiger partial charge is 0.339 e. The summed E-state index contributed by atoms with van der Waals surface area (Å²) < 4.78 is 0. The number of aromatic nitrogens is 2. The van der Waals surface area contributed by atoms with E-state index in [0.29, 0.717) is 11.7 Å². The Morgan fingerprint density at radius 3 is 2.69 bits per heavy atom. The Morgan fingerprint density at radius 1 is 1.38 bits per heavy atom. The van der Waals surface area contributed by atoms with Crippen LogP contribution >= 0.6 is 0 Å². The maximum Gasteiger partial charge on any atom is 0.339 e. The van der Waals surface area contributed by atoms with Crippen molar-refractivity contribution in [1.29, 1.82) is 0 Å². The summed E-state index contributed by atoms with van der Waals surface area (Å²) in [5.41, 5.74) is 1.01. The van der Waals surface area contributed by atoms with Crippen LogP contribution in [-0.4, -0.2) is 21.0 Å². The minimum Gasteiger partial charge on any atom is -0.478 e. The molecule has 2 rings (SSSR count). The van der Waals surface area contributed by atoms with E-state index < -0.39 is 5.97 Å². The predicted octanol–water partition coefficient (Wildman–Crippen LogP) is 2.53. The number of carboxylic acid groups (broad SMARTS) is 1. The van der Waals surface area contributed by atoms with Crippen molar-refractivity contribution in [1.82, 2.24) is 9.97 Å². The van der Waals surface area contributed by atoms with Crippen LogP contribution in [0.2, 0.25) is 0 Å². The molecule has 1 N–H and O–H groups in total. The molecule has 4 nitrogen and oxygen atoms in total. The van der Waals surface area contributed by atoms with E-state index in [9.17, 15) is 4.79 Å². The first-order valence-electron chi connectivity index (χ1n) is 5.75. The molecule has 1 aliphatic rings. The summed E-state index contributed by atoms with van der Waals surface area (Å²) in [6.07, 6.45) is 7.14. The van der Waals surface area contributed by atoms with Gasteiger partial charge in [0.25, 0.3) is 0 Å². The summed E-state index contributed by atoms with van der Waals surface area (Å²) in [4.78, 5) is 19.4. The number of carboxylic acids is 1. The molecule has 0 aliphatic heterocycles. The molecule has 1 fully saturated rings. The van der Waals surface area contributed by atoms with Crippen molar-refractivity contribution in [3.63, 3.8) is 0 Å². The Balaban J connectivity index is 2.36. The van der Waals surface area contributed by atoms with Crippen molar-refractivity contribution in [2.75, 3.05) is 0 Å². The van der Waals surface area contributed by atoms with E-state index in [1.807, 2.05) is 0 Å². The van der Waals surface area contributed by atoms with Gasteiger partial charge in [0, 0.05) is 12.1 Å². The molecule has 16 heavy (non-hydrogen) atoms. The third kappa shape index (κ3) is 2.21. The first-order chi connectivity index (χ1) is 7.68. The summed E-state index contributed by atoms with van der Waals surface area (Å²) in [7, 11) is 0. The molecule has 0 amide bonds. The summed E-state index contributed by atoms with van der Waals surface area (Å²) in [5.74, 6) is 0.0488. The van der Waals surface area contributed by atoms with Crippen LogP contribution in [-0.2, 0) is 0 Å². The molecule has 0 bridgehead atoms. The number of hydrogen-bond acceptors (Lipinski definition) is 3. The number of nitrogens with zero attached hydrogens (tertiary/aromatic N) is 2. The molecule has 1 heterocycles. The molecule has 1 saturated carbocycles. The second kappa shape index (κ2) is 4.60. The van der Waals surface area contributed by atoms with E-state index >= 15 is 0 Å². The van der Waals surface area contributed by atoms with Crippen LogP contribution in [0.1, 0.15) is 59.9 Å². The van der Waals surface area contributed by atoms with Crippen molar-refractivity contribution in [2.24, 2.45) is 0 Å². The van der Waals surface area contributed by atoms with Crippen molar-refractivity contribution < 1.29 is 9.90 Å². The SMILES string of the molecule is Cc1ncc(C(=O)O)c(C2CCCCC2)n1. The maximum atomic E-state index is 11.1. The fourth-order valence-electron chi connectivity index (χ4n) is 2.34. The predicted molar refractivity (Wildman–Crippen MR) is 59.6 cm³/mol. The minimum atomic E-state index is -0.916. The van der Waals surface area contributed by atoms with Crippen molar-refractivity contribution >= 4 is 5.97 Å². The zero-order valence-electron chi connectivity index (χ0n) is 9.44. The summed E-state index contributed by atoms with van der Waals surface area (Å²) in [6.45, 7) is 1.80. The van der Waals surface area contributed by atoms with Crippen LogP contribution in [0.3, 0.4) is 0 Å². The number of aryl methyl sites for hydroxylation is 1. The average molecular weight is 220 g/mol. The highest BCUT2D eigenvalue weighted by Gasteiger charge is 2.23. The highest BCUT2D eigenvalue weighted by atomic mass is 16.4. The molecule has 1 aromatic rings. The van der Waals surface area contributed by atoms with Crippen LogP contribution in [0.4, 0.5) is 0 Å². The molecule has 86 valence electrons. The van der Waals surface area contributed by atoms with Gasteiger partial charge in [0.05, 0.1) is 11.3 Å². The van der Waals surface area contributed by atoms with Crippen LogP contribution in [0.15, 0.2) is 6.20 Å². The number of hydrogen-bond donors (Lipinski definition) is 1.